The minimum Gasteiger partial charge on any atom is -0.508 e. The number of aromatic hydroxyl groups is 1. The second kappa shape index (κ2) is 5.92. The molecule has 0 aliphatic heterocycles. The maximum Gasteiger partial charge on any atom is 0.416 e. The minimum absolute atomic E-state index is 0. The lowest BCUT2D eigenvalue weighted by Gasteiger charge is -2.14. The maximum absolute atomic E-state index is 12.4. The normalized spacial score (nSPS) is 12.5. The predicted molar refractivity (Wildman–Crippen MR) is 59.3 cm³/mol. The zero-order chi connectivity index (χ0) is 13.2. The fourth-order valence-corrected chi connectivity index (χ4v) is 1.23. The van der Waals surface area contributed by atoms with Gasteiger partial charge in [-0.3, -0.25) is 4.79 Å². The lowest BCUT2D eigenvalue weighted by Crippen LogP contribution is -2.23. The topological polar surface area (TPSA) is 72.5 Å². The molecule has 0 spiro atoms. The fourth-order valence-electron chi connectivity index (χ4n) is 1.23. The lowest BCUT2D eigenvalue weighted by molar-refractivity contribution is -0.143. The Morgan fingerprint density at radius 1 is 1.44 bits per heavy atom. The highest BCUT2D eigenvalue weighted by Gasteiger charge is 2.32. The van der Waals surface area contributed by atoms with Gasteiger partial charge in [0, 0.05) is 5.56 Å². The first-order valence-corrected chi connectivity index (χ1v) is 4.51. The Balaban J connectivity index is 0.00000289. The summed E-state index contributed by atoms with van der Waals surface area (Å²) in [4.78, 5) is 11.1. The molecule has 0 unspecified atom stereocenters. The van der Waals surface area contributed by atoms with E-state index in [0.717, 1.165) is 13.2 Å². The number of ether oxygens (including phenoxy) is 1. The number of carbonyl (C=O) groups excluding carboxylic acids is 1. The Labute approximate surface area is 107 Å². The van der Waals surface area contributed by atoms with Crippen LogP contribution >= 0.6 is 12.4 Å². The number of rotatable bonds is 2. The van der Waals surface area contributed by atoms with E-state index in [-0.39, 0.29) is 18.0 Å². The van der Waals surface area contributed by atoms with E-state index in [4.69, 9.17) is 5.73 Å². The number of alkyl halides is 3. The molecule has 0 aliphatic rings. The number of hydrogen-bond acceptors (Lipinski definition) is 4. The van der Waals surface area contributed by atoms with E-state index in [1.807, 2.05) is 0 Å². The van der Waals surface area contributed by atoms with E-state index >= 15 is 0 Å². The molecule has 0 aliphatic carbocycles. The van der Waals surface area contributed by atoms with Crippen LogP contribution in [-0.2, 0) is 15.7 Å². The van der Waals surface area contributed by atoms with Crippen LogP contribution in [0.3, 0.4) is 0 Å². The van der Waals surface area contributed by atoms with Gasteiger partial charge in [-0.05, 0) is 18.2 Å². The number of benzene rings is 1. The summed E-state index contributed by atoms with van der Waals surface area (Å²) in [5.41, 5.74) is 4.04. The first kappa shape index (κ1) is 16.5. The number of esters is 1. The smallest absolute Gasteiger partial charge is 0.416 e. The van der Waals surface area contributed by atoms with Gasteiger partial charge in [-0.1, -0.05) is 0 Å². The SMILES string of the molecule is COC(=O)[C@@H](N)c1cc(C(F)(F)F)ccc1O.Cl. The van der Waals surface area contributed by atoms with E-state index in [1.165, 1.54) is 0 Å². The summed E-state index contributed by atoms with van der Waals surface area (Å²) >= 11 is 0. The summed E-state index contributed by atoms with van der Waals surface area (Å²) in [5.74, 6) is -1.42. The molecule has 0 saturated heterocycles. The molecular formula is C10H11ClF3NO3. The van der Waals surface area contributed by atoms with Crippen LogP contribution in [0.5, 0.6) is 5.75 Å². The van der Waals surface area contributed by atoms with Gasteiger partial charge in [-0.15, -0.1) is 12.4 Å². The van der Waals surface area contributed by atoms with Crippen LogP contribution in [0, 0.1) is 0 Å². The van der Waals surface area contributed by atoms with Crippen LogP contribution in [0.15, 0.2) is 18.2 Å². The second-order valence-electron chi connectivity index (χ2n) is 3.27. The van der Waals surface area contributed by atoms with Gasteiger partial charge in [0.1, 0.15) is 11.8 Å². The van der Waals surface area contributed by atoms with Gasteiger partial charge in [0.2, 0.25) is 0 Å². The molecule has 0 saturated carbocycles. The van der Waals surface area contributed by atoms with Gasteiger partial charge >= 0.3 is 12.1 Å². The third-order valence-electron chi connectivity index (χ3n) is 2.15. The Bertz CT molecular complexity index is 437. The molecule has 1 aromatic rings. The molecule has 0 aromatic heterocycles. The number of methoxy groups -OCH3 is 1. The third kappa shape index (κ3) is 3.51. The van der Waals surface area contributed by atoms with Crippen molar-refractivity contribution in [2.75, 3.05) is 7.11 Å². The zero-order valence-corrected chi connectivity index (χ0v) is 10.0. The highest BCUT2D eigenvalue weighted by Crippen LogP contribution is 2.34. The molecule has 1 aromatic carbocycles. The van der Waals surface area contributed by atoms with Crippen LogP contribution in [0.25, 0.3) is 0 Å². The van der Waals surface area contributed by atoms with Gasteiger partial charge in [-0.25, -0.2) is 0 Å². The third-order valence-corrected chi connectivity index (χ3v) is 2.15. The molecule has 0 fully saturated rings. The highest BCUT2D eigenvalue weighted by molar-refractivity contribution is 5.85. The summed E-state index contributed by atoms with van der Waals surface area (Å²) in [6.07, 6.45) is -4.57. The molecule has 0 amide bonds. The van der Waals surface area contributed by atoms with Crippen molar-refractivity contribution in [3.63, 3.8) is 0 Å². The maximum atomic E-state index is 12.4. The van der Waals surface area contributed by atoms with Crippen LogP contribution in [0.2, 0.25) is 0 Å². The number of nitrogens with two attached hydrogens (primary N) is 1. The van der Waals surface area contributed by atoms with E-state index in [0.29, 0.717) is 12.1 Å². The molecule has 0 heterocycles. The predicted octanol–water partition coefficient (Wildman–Crippen LogP) is 2.01. The van der Waals surface area contributed by atoms with Crippen molar-refractivity contribution in [2.24, 2.45) is 5.73 Å². The van der Waals surface area contributed by atoms with Crippen LogP contribution < -0.4 is 5.73 Å². The summed E-state index contributed by atoms with van der Waals surface area (Å²) in [6, 6.07) is 0.697. The Morgan fingerprint density at radius 2 is 2.00 bits per heavy atom. The molecule has 1 rings (SSSR count). The van der Waals surface area contributed by atoms with Gasteiger partial charge in [-0.2, -0.15) is 13.2 Å². The van der Waals surface area contributed by atoms with E-state index in [9.17, 15) is 23.1 Å². The van der Waals surface area contributed by atoms with Crippen molar-refractivity contribution < 1.29 is 27.8 Å². The summed E-state index contributed by atoms with van der Waals surface area (Å²) < 4.78 is 41.5. The number of phenolic OH excluding ortho intramolecular Hbond substituents is 1. The first-order valence-electron chi connectivity index (χ1n) is 4.51. The molecule has 8 heteroatoms. The quantitative estimate of drug-likeness (QED) is 0.815. The molecule has 18 heavy (non-hydrogen) atoms. The van der Waals surface area contributed by atoms with Crippen molar-refractivity contribution in [1.82, 2.24) is 0 Å². The number of halogens is 4. The molecule has 3 N–H and O–H groups in total. The van der Waals surface area contributed by atoms with Crippen LogP contribution in [-0.4, -0.2) is 18.2 Å². The van der Waals surface area contributed by atoms with E-state index in [1.54, 1.807) is 0 Å². The van der Waals surface area contributed by atoms with Gasteiger partial charge in [0.05, 0.1) is 12.7 Å². The largest absolute Gasteiger partial charge is 0.508 e. The van der Waals surface area contributed by atoms with Crippen LogP contribution in [0.1, 0.15) is 17.2 Å². The number of carbonyl (C=O) groups is 1. The van der Waals surface area contributed by atoms with E-state index < -0.39 is 29.5 Å². The van der Waals surface area contributed by atoms with Crippen molar-refractivity contribution in [3.05, 3.63) is 29.3 Å². The number of hydrogen-bond donors (Lipinski definition) is 2. The second-order valence-corrected chi connectivity index (χ2v) is 3.27. The van der Waals surface area contributed by atoms with Gasteiger partial charge in [0.25, 0.3) is 0 Å². The summed E-state index contributed by atoms with van der Waals surface area (Å²) in [6.45, 7) is 0. The number of phenols is 1. The van der Waals surface area contributed by atoms with Crippen LogP contribution in [0.4, 0.5) is 13.2 Å². The first-order chi connectivity index (χ1) is 7.77. The summed E-state index contributed by atoms with van der Waals surface area (Å²) in [5, 5.41) is 9.36. The fraction of sp³-hybridized carbons (Fsp3) is 0.300. The Hall–Kier alpha value is -1.47. The molecule has 4 nitrogen and oxygen atoms in total. The average molecular weight is 286 g/mol. The molecule has 102 valence electrons. The Morgan fingerprint density at radius 3 is 2.44 bits per heavy atom. The van der Waals surface area contributed by atoms with Crippen molar-refractivity contribution in [3.8, 4) is 5.75 Å². The van der Waals surface area contributed by atoms with Gasteiger partial charge < -0.3 is 15.6 Å². The van der Waals surface area contributed by atoms with Crippen molar-refractivity contribution in [2.45, 2.75) is 12.2 Å². The molecular weight excluding hydrogens is 275 g/mol. The van der Waals surface area contributed by atoms with Crippen molar-refractivity contribution in [1.29, 1.82) is 0 Å². The standard InChI is InChI=1S/C10H10F3NO3.ClH/c1-17-9(16)8(14)6-4-5(10(11,12)13)2-3-7(6)15;/h2-4,8,15H,14H2,1H3;1H/t8-;/m0./s1. The average Bonchev–Trinajstić information content (AvgIpc) is 2.26. The Kier molecular flexibility index (Phi) is 5.44. The minimum atomic E-state index is -4.57. The molecule has 0 radical (unpaired) electrons. The lowest BCUT2D eigenvalue weighted by atomic mass is 10.0. The monoisotopic (exact) mass is 285 g/mol. The molecule has 1 atom stereocenters. The van der Waals surface area contributed by atoms with E-state index in [2.05, 4.69) is 4.74 Å². The summed E-state index contributed by atoms with van der Waals surface area (Å²) in [7, 11) is 1.05. The molecule has 0 bridgehead atoms. The highest BCUT2D eigenvalue weighted by atomic mass is 35.5. The van der Waals surface area contributed by atoms with Gasteiger partial charge in [0.15, 0.2) is 0 Å². The zero-order valence-electron chi connectivity index (χ0n) is 9.19. The van der Waals surface area contributed by atoms with Crippen molar-refractivity contribution >= 4 is 18.4 Å².